The Hall–Kier alpha value is -3.72. The number of allylic oxidation sites excluding steroid dienone is 2. The highest BCUT2D eigenvalue weighted by atomic mass is 16.1. The monoisotopic (exact) mass is 383 g/mol. The summed E-state index contributed by atoms with van der Waals surface area (Å²) in [7, 11) is 3.67. The molecule has 0 aliphatic heterocycles. The molecular weight excluding hydrogens is 362 g/mol. The highest BCUT2D eigenvalue weighted by Crippen LogP contribution is 2.43. The molecule has 1 aromatic carbocycles. The predicted molar refractivity (Wildman–Crippen MR) is 110 cm³/mol. The van der Waals surface area contributed by atoms with Gasteiger partial charge in [-0.15, -0.1) is 0 Å². The minimum Gasteiger partial charge on any atom is -0.289 e. The van der Waals surface area contributed by atoms with Gasteiger partial charge in [-0.05, 0) is 30.6 Å². The summed E-state index contributed by atoms with van der Waals surface area (Å²) in [4.78, 5) is 13.3. The Bertz CT molecular complexity index is 1100. The average Bonchev–Trinajstić information content (AvgIpc) is 3.33. The number of Topliss-reactive ketones (excluding diaryl/α,β-unsaturated/α-hetero) is 1. The van der Waals surface area contributed by atoms with Gasteiger partial charge >= 0.3 is 0 Å². The zero-order valence-electron chi connectivity index (χ0n) is 16.4. The predicted octanol–water partition coefficient (Wildman–Crippen LogP) is 3.45. The molecule has 0 saturated heterocycles. The largest absolute Gasteiger partial charge is 0.289 e. The van der Waals surface area contributed by atoms with Crippen molar-refractivity contribution in [2.45, 2.75) is 18.3 Å². The second-order valence-electron chi connectivity index (χ2n) is 7.48. The molecule has 1 saturated carbocycles. The van der Waals surface area contributed by atoms with Gasteiger partial charge in [0.05, 0.1) is 23.9 Å². The van der Waals surface area contributed by atoms with Gasteiger partial charge in [0.15, 0.2) is 5.78 Å². The molecule has 6 nitrogen and oxygen atoms in total. The second kappa shape index (κ2) is 7.36. The molecule has 144 valence electrons. The Morgan fingerprint density at radius 3 is 1.90 bits per heavy atom. The molecule has 1 aliphatic carbocycles. The molecule has 0 atom stereocenters. The lowest BCUT2D eigenvalue weighted by molar-refractivity contribution is -0.113. The number of carbonyl (C=O) groups is 1. The van der Waals surface area contributed by atoms with Gasteiger partial charge in [0.25, 0.3) is 0 Å². The van der Waals surface area contributed by atoms with Gasteiger partial charge in [-0.2, -0.15) is 15.5 Å². The maximum Gasteiger partial charge on any atom is 0.185 e. The third-order valence-corrected chi connectivity index (χ3v) is 5.24. The van der Waals surface area contributed by atoms with Crippen LogP contribution in [0.25, 0.3) is 12.2 Å². The third-order valence-electron chi connectivity index (χ3n) is 5.24. The van der Waals surface area contributed by atoms with Gasteiger partial charge in [-0.3, -0.25) is 14.2 Å². The lowest BCUT2D eigenvalue weighted by Crippen LogP contribution is -2.33. The number of hydrogen-bond acceptors (Lipinski definition) is 4. The summed E-state index contributed by atoms with van der Waals surface area (Å²) in [5.74, 6) is -0.0282. The summed E-state index contributed by atoms with van der Waals surface area (Å²) < 4.78 is 3.39. The van der Waals surface area contributed by atoms with Crippen LogP contribution in [0, 0.1) is 11.3 Å². The highest BCUT2D eigenvalue weighted by Gasteiger charge is 2.41. The number of benzene rings is 1. The maximum absolute atomic E-state index is 13.3. The van der Waals surface area contributed by atoms with Crippen molar-refractivity contribution in [1.82, 2.24) is 19.6 Å². The topological polar surface area (TPSA) is 76.5 Å². The summed E-state index contributed by atoms with van der Waals surface area (Å²) >= 11 is 0. The van der Waals surface area contributed by atoms with E-state index < -0.39 is 5.41 Å². The molecule has 0 spiro atoms. The first-order valence-electron chi connectivity index (χ1n) is 9.39. The van der Waals surface area contributed by atoms with E-state index >= 15 is 0 Å². The zero-order valence-corrected chi connectivity index (χ0v) is 16.4. The van der Waals surface area contributed by atoms with Crippen molar-refractivity contribution in [3.8, 4) is 6.07 Å². The fraction of sp³-hybridized carbons (Fsp3) is 0.217. The van der Waals surface area contributed by atoms with Crippen molar-refractivity contribution < 1.29 is 4.79 Å². The molecule has 4 rings (SSSR count). The van der Waals surface area contributed by atoms with Gasteiger partial charge in [0, 0.05) is 48.8 Å². The van der Waals surface area contributed by atoms with Crippen LogP contribution >= 0.6 is 0 Å². The SMILES string of the molecule is Cn1cc(/C=C2\CC(C#N)(c3ccccc3)C/C(=C\c3cnn(C)c3)C2=O)cn1. The Balaban J connectivity index is 1.84. The maximum atomic E-state index is 13.3. The summed E-state index contributed by atoms with van der Waals surface area (Å²) in [6.45, 7) is 0. The van der Waals surface area contributed by atoms with Crippen LogP contribution in [-0.4, -0.2) is 25.3 Å². The molecule has 2 heterocycles. The van der Waals surface area contributed by atoms with Crippen LogP contribution in [0.4, 0.5) is 0 Å². The first kappa shape index (κ1) is 18.6. The Morgan fingerprint density at radius 2 is 1.48 bits per heavy atom. The molecule has 0 amide bonds. The Kier molecular flexibility index (Phi) is 4.73. The molecule has 0 bridgehead atoms. The van der Waals surface area contributed by atoms with Crippen LogP contribution in [0.2, 0.25) is 0 Å². The molecule has 1 aliphatic rings. The van der Waals surface area contributed by atoms with Crippen molar-refractivity contribution in [2.75, 3.05) is 0 Å². The van der Waals surface area contributed by atoms with Gasteiger partial charge < -0.3 is 0 Å². The molecule has 1 fully saturated rings. The summed E-state index contributed by atoms with van der Waals surface area (Å²) in [6, 6.07) is 12.2. The van der Waals surface area contributed by atoms with Crippen LogP contribution in [0.5, 0.6) is 0 Å². The normalized spacial score (nSPS) is 22.2. The van der Waals surface area contributed by atoms with Gasteiger partial charge in [-0.1, -0.05) is 30.3 Å². The molecule has 0 N–H and O–H groups in total. The van der Waals surface area contributed by atoms with E-state index in [1.54, 1.807) is 21.8 Å². The van der Waals surface area contributed by atoms with Crippen LogP contribution in [0.1, 0.15) is 29.5 Å². The molecule has 0 radical (unpaired) electrons. The van der Waals surface area contributed by atoms with Crippen molar-refractivity contribution in [3.63, 3.8) is 0 Å². The lowest BCUT2D eigenvalue weighted by Gasteiger charge is -2.33. The highest BCUT2D eigenvalue weighted by molar-refractivity contribution is 6.14. The van der Waals surface area contributed by atoms with Gasteiger partial charge in [-0.25, -0.2) is 0 Å². The number of aryl methyl sites for hydroxylation is 2. The fourth-order valence-electron chi connectivity index (χ4n) is 3.85. The van der Waals surface area contributed by atoms with Crippen molar-refractivity contribution in [3.05, 3.63) is 83.0 Å². The van der Waals surface area contributed by atoms with E-state index in [0.29, 0.717) is 24.0 Å². The van der Waals surface area contributed by atoms with Crippen LogP contribution < -0.4 is 0 Å². The molecule has 6 heteroatoms. The van der Waals surface area contributed by atoms with E-state index in [9.17, 15) is 10.1 Å². The number of ketones is 1. The Morgan fingerprint density at radius 1 is 0.966 bits per heavy atom. The first-order chi connectivity index (χ1) is 14.0. The van der Waals surface area contributed by atoms with E-state index in [0.717, 1.165) is 16.7 Å². The molecule has 3 aromatic rings. The lowest BCUT2D eigenvalue weighted by atomic mass is 9.66. The zero-order chi connectivity index (χ0) is 20.4. The smallest absolute Gasteiger partial charge is 0.185 e. The minimum atomic E-state index is -0.794. The molecule has 29 heavy (non-hydrogen) atoms. The third kappa shape index (κ3) is 3.67. The first-order valence-corrected chi connectivity index (χ1v) is 9.39. The van der Waals surface area contributed by atoms with E-state index in [-0.39, 0.29) is 5.78 Å². The summed E-state index contributed by atoms with van der Waals surface area (Å²) in [5.41, 5.74) is 3.05. The number of rotatable bonds is 3. The van der Waals surface area contributed by atoms with E-state index in [1.807, 2.05) is 69.0 Å². The summed E-state index contributed by atoms with van der Waals surface area (Å²) in [5, 5.41) is 18.6. The van der Waals surface area contributed by atoms with Crippen molar-refractivity contribution in [2.24, 2.45) is 14.1 Å². The Labute approximate surface area is 169 Å². The van der Waals surface area contributed by atoms with Crippen LogP contribution in [0.3, 0.4) is 0 Å². The van der Waals surface area contributed by atoms with Crippen LogP contribution in [-0.2, 0) is 24.3 Å². The molecule has 2 aromatic heterocycles. The quantitative estimate of drug-likeness (QED) is 0.649. The summed E-state index contributed by atoms with van der Waals surface area (Å²) in [6.07, 6.45) is 11.6. The number of nitriles is 1. The van der Waals surface area contributed by atoms with Crippen molar-refractivity contribution in [1.29, 1.82) is 5.26 Å². The number of aromatic nitrogens is 4. The van der Waals surface area contributed by atoms with E-state index in [1.165, 1.54) is 0 Å². The average molecular weight is 383 g/mol. The second-order valence-corrected chi connectivity index (χ2v) is 7.48. The fourth-order valence-corrected chi connectivity index (χ4v) is 3.85. The number of nitrogens with zero attached hydrogens (tertiary/aromatic N) is 5. The van der Waals surface area contributed by atoms with E-state index in [2.05, 4.69) is 16.3 Å². The molecular formula is C23H21N5O. The number of hydrogen-bond donors (Lipinski definition) is 0. The van der Waals surface area contributed by atoms with Crippen molar-refractivity contribution >= 4 is 17.9 Å². The van der Waals surface area contributed by atoms with Gasteiger partial charge in [0.2, 0.25) is 0 Å². The standard InChI is InChI=1S/C23H21N5O/c1-27-14-17(12-25-27)8-19-10-23(16-24,21-6-4-3-5-7-21)11-20(22(19)29)9-18-13-26-28(2)15-18/h3-9,12-15H,10-11H2,1-2H3/b19-8+,20-9+. The number of carbonyl (C=O) groups excluding carboxylic acids is 1. The van der Waals surface area contributed by atoms with E-state index in [4.69, 9.17) is 0 Å². The minimum absolute atomic E-state index is 0.0282. The molecule has 0 unspecified atom stereocenters. The van der Waals surface area contributed by atoms with Gasteiger partial charge in [0.1, 0.15) is 0 Å². The van der Waals surface area contributed by atoms with Crippen LogP contribution in [0.15, 0.2) is 66.3 Å².